The number of imide groups is 1. The van der Waals surface area contributed by atoms with Crippen LogP contribution in [0.25, 0.3) is 0 Å². The summed E-state index contributed by atoms with van der Waals surface area (Å²) in [6.07, 6.45) is -0.231. The predicted octanol–water partition coefficient (Wildman–Crippen LogP) is 1.93. The zero-order chi connectivity index (χ0) is 21.0. The topological polar surface area (TPSA) is 96.0 Å². The number of carbonyl (C=O) groups excluding carboxylic acids is 4. The zero-order valence-corrected chi connectivity index (χ0v) is 16.3. The lowest BCUT2D eigenvalue weighted by Crippen LogP contribution is -2.54. The van der Waals surface area contributed by atoms with Gasteiger partial charge in [0.2, 0.25) is 11.8 Å². The largest absolute Gasteiger partial charge is 0.484 e. The monoisotopic (exact) mass is 415 g/mol. The van der Waals surface area contributed by atoms with Crippen molar-refractivity contribution in [3.05, 3.63) is 59.6 Å². The number of amides is 4. The molecular formula is C20H18ClN3O5. The fraction of sp³-hybridized carbons (Fsp3) is 0.200. The van der Waals surface area contributed by atoms with Crippen LogP contribution in [0.2, 0.25) is 5.02 Å². The molecule has 9 heteroatoms. The number of nitrogens with one attached hydrogen (secondary N) is 1. The van der Waals surface area contributed by atoms with E-state index in [1.165, 1.54) is 6.92 Å². The molecule has 0 radical (unpaired) electrons. The van der Waals surface area contributed by atoms with Gasteiger partial charge in [0.05, 0.1) is 12.1 Å². The first-order valence-electron chi connectivity index (χ1n) is 8.76. The maximum atomic E-state index is 12.8. The lowest BCUT2D eigenvalue weighted by atomic mass is 10.2. The first-order chi connectivity index (χ1) is 13.9. The second-order valence-electron chi connectivity index (χ2n) is 6.29. The second-order valence-corrected chi connectivity index (χ2v) is 6.73. The van der Waals surface area contributed by atoms with Gasteiger partial charge in [-0.2, -0.15) is 0 Å². The Morgan fingerprint density at radius 2 is 1.79 bits per heavy atom. The molecule has 1 aliphatic rings. The quantitative estimate of drug-likeness (QED) is 0.594. The lowest BCUT2D eigenvalue weighted by molar-refractivity contribution is -0.146. The van der Waals surface area contributed by atoms with Crippen LogP contribution in [-0.4, -0.2) is 41.3 Å². The second kappa shape index (κ2) is 8.74. The third-order valence-corrected chi connectivity index (χ3v) is 4.47. The van der Waals surface area contributed by atoms with Crippen molar-refractivity contribution in [1.29, 1.82) is 0 Å². The van der Waals surface area contributed by atoms with Crippen molar-refractivity contribution in [3.63, 3.8) is 0 Å². The maximum absolute atomic E-state index is 12.8. The number of para-hydroxylation sites is 1. The standard InChI is InChI=1S/C20H18ClN3O5/c1-13(25)24(22-18(26)12-29-16-9-7-14(21)8-10-16)17-11-19(27)23(20(17)28)15-5-3-2-4-6-15/h2-10,17H,11-12H2,1H3,(H,22,26). The molecule has 1 saturated heterocycles. The smallest absolute Gasteiger partial charge is 0.276 e. The van der Waals surface area contributed by atoms with Crippen molar-refractivity contribution in [1.82, 2.24) is 10.4 Å². The number of nitrogens with zero attached hydrogens (tertiary/aromatic N) is 2. The minimum absolute atomic E-state index is 0.231. The molecule has 0 saturated carbocycles. The van der Waals surface area contributed by atoms with Crippen molar-refractivity contribution in [2.24, 2.45) is 0 Å². The number of halogens is 1. The van der Waals surface area contributed by atoms with Gasteiger partial charge < -0.3 is 4.74 Å². The number of carbonyl (C=O) groups is 4. The summed E-state index contributed by atoms with van der Waals surface area (Å²) in [7, 11) is 0. The highest BCUT2D eigenvalue weighted by atomic mass is 35.5. The number of hydrogen-bond acceptors (Lipinski definition) is 5. The van der Waals surface area contributed by atoms with Gasteiger partial charge in [0.15, 0.2) is 6.61 Å². The Bertz CT molecular complexity index is 933. The molecule has 3 rings (SSSR count). The molecule has 1 N–H and O–H groups in total. The van der Waals surface area contributed by atoms with Gasteiger partial charge in [0.25, 0.3) is 11.8 Å². The molecule has 1 fully saturated rings. The molecule has 2 aromatic rings. The van der Waals surface area contributed by atoms with Gasteiger partial charge in [-0.05, 0) is 36.4 Å². The van der Waals surface area contributed by atoms with Crippen LogP contribution in [0, 0.1) is 0 Å². The molecule has 1 atom stereocenters. The van der Waals surface area contributed by atoms with Gasteiger partial charge >= 0.3 is 0 Å². The normalized spacial score (nSPS) is 15.9. The van der Waals surface area contributed by atoms with Crippen molar-refractivity contribution in [2.75, 3.05) is 11.5 Å². The first-order valence-corrected chi connectivity index (χ1v) is 9.14. The van der Waals surface area contributed by atoms with Crippen LogP contribution in [0.3, 0.4) is 0 Å². The predicted molar refractivity (Wildman–Crippen MR) is 105 cm³/mol. The molecule has 2 aromatic carbocycles. The molecule has 0 aliphatic carbocycles. The number of hydrogen-bond donors (Lipinski definition) is 1. The van der Waals surface area contributed by atoms with Crippen LogP contribution in [-0.2, 0) is 19.2 Å². The summed E-state index contributed by atoms with van der Waals surface area (Å²) < 4.78 is 5.33. The van der Waals surface area contributed by atoms with Crippen LogP contribution in [0.5, 0.6) is 5.75 Å². The molecule has 0 spiro atoms. The van der Waals surface area contributed by atoms with Crippen molar-refractivity contribution >= 4 is 40.9 Å². The Morgan fingerprint density at radius 1 is 1.14 bits per heavy atom. The third kappa shape index (κ3) is 4.72. The number of hydrazine groups is 1. The summed E-state index contributed by atoms with van der Waals surface area (Å²) in [5.41, 5.74) is 2.77. The molecule has 1 unspecified atom stereocenters. The average Bonchev–Trinajstić information content (AvgIpc) is 3.00. The Labute approximate surface area is 172 Å². The number of benzene rings is 2. The fourth-order valence-electron chi connectivity index (χ4n) is 2.89. The molecule has 1 heterocycles. The van der Waals surface area contributed by atoms with E-state index in [1.54, 1.807) is 54.6 Å². The molecule has 4 amide bonds. The SMILES string of the molecule is CC(=O)N(NC(=O)COc1ccc(Cl)cc1)C1CC(=O)N(c2ccccc2)C1=O. The maximum Gasteiger partial charge on any atom is 0.276 e. The molecule has 150 valence electrons. The molecular weight excluding hydrogens is 398 g/mol. The summed E-state index contributed by atoms with van der Waals surface area (Å²) in [5, 5.41) is 1.40. The average molecular weight is 416 g/mol. The Kier molecular flexibility index (Phi) is 6.13. The van der Waals surface area contributed by atoms with Crippen molar-refractivity contribution < 1.29 is 23.9 Å². The fourth-order valence-corrected chi connectivity index (χ4v) is 3.01. The Morgan fingerprint density at radius 3 is 2.41 bits per heavy atom. The van der Waals surface area contributed by atoms with E-state index < -0.39 is 29.7 Å². The van der Waals surface area contributed by atoms with E-state index in [9.17, 15) is 19.2 Å². The summed E-state index contributed by atoms with van der Waals surface area (Å²) in [6.45, 7) is 0.811. The van der Waals surface area contributed by atoms with Gasteiger partial charge in [-0.15, -0.1) is 0 Å². The number of rotatable bonds is 5. The zero-order valence-electron chi connectivity index (χ0n) is 15.5. The van der Waals surface area contributed by atoms with Gasteiger partial charge in [-0.25, -0.2) is 9.91 Å². The number of anilines is 1. The van der Waals surface area contributed by atoms with E-state index in [0.717, 1.165) is 9.91 Å². The Balaban J connectivity index is 1.67. The van der Waals surface area contributed by atoms with Crippen molar-refractivity contribution in [2.45, 2.75) is 19.4 Å². The minimum atomic E-state index is -1.13. The highest BCUT2D eigenvalue weighted by Crippen LogP contribution is 2.25. The van der Waals surface area contributed by atoms with Crippen LogP contribution in [0.15, 0.2) is 54.6 Å². The highest BCUT2D eigenvalue weighted by molar-refractivity contribution is 6.30. The van der Waals surface area contributed by atoms with Crippen LogP contribution in [0.4, 0.5) is 5.69 Å². The van der Waals surface area contributed by atoms with Gasteiger partial charge in [0, 0.05) is 11.9 Å². The van der Waals surface area contributed by atoms with E-state index in [1.807, 2.05) is 0 Å². The van der Waals surface area contributed by atoms with E-state index in [-0.39, 0.29) is 13.0 Å². The molecule has 0 bridgehead atoms. The van der Waals surface area contributed by atoms with Crippen LogP contribution < -0.4 is 15.1 Å². The molecule has 8 nitrogen and oxygen atoms in total. The molecule has 0 aromatic heterocycles. The van der Waals surface area contributed by atoms with Gasteiger partial charge in [-0.1, -0.05) is 29.8 Å². The third-order valence-electron chi connectivity index (χ3n) is 4.22. The summed E-state index contributed by atoms with van der Waals surface area (Å²) >= 11 is 5.79. The van der Waals surface area contributed by atoms with Crippen LogP contribution in [0.1, 0.15) is 13.3 Å². The van der Waals surface area contributed by atoms with E-state index in [0.29, 0.717) is 16.5 Å². The first kappa shape index (κ1) is 20.3. The minimum Gasteiger partial charge on any atom is -0.484 e. The van der Waals surface area contributed by atoms with Crippen molar-refractivity contribution in [3.8, 4) is 5.75 Å². The summed E-state index contributed by atoms with van der Waals surface area (Å²) in [5.74, 6) is -1.85. The lowest BCUT2D eigenvalue weighted by Gasteiger charge is -2.26. The van der Waals surface area contributed by atoms with Gasteiger partial charge in [-0.3, -0.25) is 24.6 Å². The molecule has 29 heavy (non-hydrogen) atoms. The highest BCUT2D eigenvalue weighted by Gasteiger charge is 2.44. The summed E-state index contributed by atoms with van der Waals surface area (Å²) in [6, 6.07) is 13.7. The van der Waals surface area contributed by atoms with E-state index in [4.69, 9.17) is 16.3 Å². The number of ether oxygens (including phenoxy) is 1. The van der Waals surface area contributed by atoms with Gasteiger partial charge in [0.1, 0.15) is 11.8 Å². The molecule has 1 aliphatic heterocycles. The Hall–Kier alpha value is -3.39. The van der Waals surface area contributed by atoms with E-state index in [2.05, 4.69) is 5.43 Å². The summed E-state index contributed by atoms with van der Waals surface area (Å²) in [4.78, 5) is 50.4. The van der Waals surface area contributed by atoms with E-state index >= 15 is 0 Å². The van der Waals surface area contributed by atoms with Crippen LogP contribution >= 0.6 is 11.6 Å².